The summed E-state index contributed by atoms with van der Waals surface area (Å²) in [6.07, 6.45) is 1.64. The zero-order valence-electron chi connectivity index (χ0n) is 11.5. The van der Waals surface area contributed by atoms with Crippen LogP contribution in [-0.4, -0.2) is 22.3 Å². The summed E-state index contributed by atoms with van der Waals surface area (Å²) < 4.78 is 14.5. The number of nitrogens with zero attached hydrogens (tertiary/aromatic N) is 1. The number of aromatic nitrogens is 1. The first-order valence-electron chi connectivity index (χ1n) is 7.01. The van der Waals surface area contributed by atoms with Crippen molar-refractivity contribution in [1.29, 1.82) is 0 Å². The van der Waals surface area contributed by atoms with Gasteiger partial charge < -0.3 is 9.88 Å². The first kappa shape index (κ1) is 14.3. The number of amides is 1. The van der Waals surface area contributed by atoms with Gasteiger partial charge >= 0.3 is 0 Å². The standard InChI is InChI=1S/C16H16BrFN2O/c17-15-9-12-10-20(8-7-14(12)19-15)16(21)6-5-11-3-1-2-4-13(11)18/h1-4,9,19H,5-8,10H2. The highest BCUT2D eigenvalue weighted by molar-refractivity contribution is 9.10. The van der Waals surface area contributed by atoms with Crippen LogP contribution in [0.5, 0.6) is 0 Å². The number of H-pyrrole nitrogens is 1. The number of hydrogen-bond donors (Lipinski definition) is 1. The van der Waals surface area contributed by atoms with E-state index in [9.17, 15) is 9.18 Å². The number of nitrogens with one attached hydrogen (secondary N) is 1. The molecule has 0 saturated heterocycles. The Bertz CT molecular complexity index is 668. The molecule has 0 atom stereocenters. The fourth-order valence-electron chi connectivity index (χ4n) is 2.71. The van der Waals surface area contributed by atoms with Gasteiger partial charge in [-0.2, -0.15) is 0 Å². The summed E-state index contributed by atoms with van der Waals surface area (Å²) in [5, 5.41) is 0. The zero-order chi connectivity index (χ0) is 14.8. The van der Waals surface area contributed by atoms with E-state index in [-0.39, 0.29) is 11.7 Å². The summed E-state index contributed by atoms with van der Waals surface area (Å²) in [4.78, 5) is 17.4. The number of rotatable bonds is 3. The van der Waals surface area contributed by atoms with Crippen LogP contribution in [0.25, 0.3) is 0 Å². The number of fused-ring (bicyclic) bond motifs is 1. The third-order valence-electron chi connectivity index (χ3n) is 3.87. The van der Waals surface area contributed by atoms with Gasteiger partial charge in [-0.05, 0) is 45.6 Å². The number of halogens is 2. The minimum Gasteiger partial charge on any atom is -0.353 e. The Kier molecular flexibility index (Phi) is 4.10. The molecule has 0 fully saturated rings. The molecule has 3 rings (SSSR count). The van der Waals surface area contributed by atoms with Gasteiger partial charge in [0.15, 0.2) is 0 Å². The van der Waals surface area contributed by atoms with Crippen molar-refractivity contribution < 1.29 is 9.18 Å². The van der Waals surface area contributed by atoms with Crippen LogP contribution < -0.4 is 0 Å². The summed E-state index contributed by atoms with van der Waals surface area (Å²) in [5.74, 6) is -0.151. The van der Waals surface area contributed by atoms with Crippen LogP contribution in [0, 0.1) is 5.82 Å². The fourth-order valence-corrected chi connectivity index (χ4v) is 3.23. The van der Waals surface area contributed by atoms with Crippen LogP contribution >= 0.6 is 15.9 Å². The van der Waals surface area contributed by atoms with Crippen LogP contribution in [0.4, 0.5) is 4.39 Å². The summed E-state index contributed by atoms with van der Waals surface area (Å²) in [5.41, 5.74) is 2.96. The van der Waals surface area contributed by atoms with Gasteiger partial charge in [-0.15, -0.1) is 0 Å². The normalized spacial score (nSPS) is 14.1. The Morgan fingerprint density at radius 2 is 2.19 bits per heavy atom. The lowest BCUT2D eigenvalue weighted by atomic mass is 10.1. The smallest absolute Gasteiger partial charge is 0.223 e. The van der Waals surface area contributed by atoms with Crippen molar-refractivity contribution in [2.24, 2.45) is 0 Å². The molecule has 2 heterocycles. The van der Waals surface area contributed by atoms with E-state index in [0.717, 1.165) is 23.1 Å². The first-order valence-corrected chi connectivity index (χ1v) is 7.80. The highest BCUT2D eigenvalue weighted by Crippen LogP contribution is 2.23. The van der Waals surface area contributed by atoms with E-state index in [1.165, 1.54) is 11.8 Å². The maximum atomic E-state index is 13.5. The maximum Gasteiger partial charge on any atom is 0.223 e. The number of hydrogen-bond acceptors (Lipinski definition) is 1. The molecule has 5 heteroatoms. The number of benzene rings is 1. The van der Waals surface area contributed by atoms with Crippen LogP contribution in [0.3, 0.4) is 0 Å². The van der Waals surface area contributed by atoms with Gasteiger partial charge in [0, 0.05) is 31.6 Å². The Hall–Kier alpha value is -1.62. The molecule has 1 aliphatic rings. The molecule has 3 nitrogen and oxygen atoms in total. The minimum absolute atomic E-state index is 0.0845. The van der Waals surface area contributed by atoms with Crippen molar-refractivity contribution in [3.63, 3.8) is 0 Å². The molecular formula is C16H16BrFN2O. The van der Waals surface area contributed by atoms with E-state index >= 15 is 0 Å². The molecule has 0 aliphatic carbocycles. The third-order valence-corrected chi connectivity index (χ3v) is 4.30. The van der Waals surface area contributed by atoms with Gasteiger partial charge in [-0.1, -0.05) is 18.2 Å². The monoisotopic (exact) mass is 350 g/mol. The molecule has 0 radical (unpaired) electrons. The number of aromatic amines is 1. The summed E-state index contributed by atoms with van der Waals surface area (Å²) in [6.45, 7) is 1.35. The van der Waals surface area contributed by atoms with Gasteiger partial charge in [0.2, 0.25) is 5.91 Å². The Morgan fingerprint density at radius 1 is 1.38 bits per heavy atom. The highest BCUT2D eigenvalue weighted by Gasteiger charge is 2.22. The second-order valence-electron chi connectivity index (χ2n) is 5.28. The topological polar surface area (TPSA) is 36.1 Å². The van der Waals surface area contributed by atoms with Crippen molar-refractivity contribution in [1.82, 2.24) is 9.88 Å². The fraction of sp³-hybridized carbons (Fsp3) is 0.312. The molecule has 1 aromatic heterocycles. The molecule has 110 valence electrons. The van der Waals surface area contributed by atoms with Crippen molar-refractivity contribution in [2.75, 3.05) is 6.54 Å². The summed E-state index contributed by atoms with van der Waals surface area (Å²) in [7, 11) is 0. The van der Waals surface area contributed by atoms with Crippen molar-refractivity contribution >= 4 is 21.8 Å². The van der Waals surface area contributed by atoms with E-state index in [1.54, 1.807) is 18.2 Å². The quantitative estimate of drug-likeness (QED) is 0.904. The Labute approximate surface area is 131 Å². The van der Waals surface area contributed by atoms with Gasteiger partial charge in [0.05, 0.1) is 4.60 Å². The first-order chi connectivity index (χ1) is 10.1. The lowest BCUT2D eigenvalue weighted by Crippen LogP contribution is -2.35. The predicted molar refractivity (Wildman–Crippen MR) is 82.3 cm³/mol. The largest absolute Gasteiger partial charge is 0.353 e. The van der Waals surface area contributed by atoms with E-state index in [4.69, 9.17) is 0 Å². The Balaban J connectivity index is 1.61. The molecule has 0 saturated carbocycles. The second-order valence-corrected chi connectivity index (χ2v) is 6.13. The maximum absolute atomic E-state index is 13.5. The van der Waals surface area contributed by atoms with E-state index in [1.807, 2.05) is 11.0 Å². The van der Waals surface area contributed by atoms with E-state index < -0.39 is 0 Å². The molecule has 0 spiro atoms. The summed E-state index contributed by atoms with van der Waals surface area (Å²) in [6, 6.07) is 8.65. The van der Waals surface area contributed by atoms with Gasteiger partial charge in [-0.3, -0.25) is 4.79 Å². The molecule has 21 heavy (non-hydrogen) atoms. The van der Waals surface area contributed by atoms with Crippen molar-refractivity contribution in [3.8, 4) is 0 Å². The molecule has 1 amide bonds. The SMILES string of the molecule is O=C(CCc1ccccc1F)N1CCc2[nH]c(Br)cc2C1. The van der Waals surface area contributed by atoms with E-state index in [0.29, 0.717) is 24.9 Å². The van der Waals surface area contributed by atoms with Gasteiger partial charge in [0.1, 0.15) is 5.82 Å². The predicted octanol–water partition coefficient (Wildman–Crippen LogP) is 3.43. The van der Waals surface area contributed by atoms with E-state index in [2.05, 4.69) is 20.9 Å². The molecule has 0 unspecified atom stereocenters. The van der Waals surface area contributed by atoms with Crippen LogP contribution in [0.2, 0.25) is 0 Å². The molecule has 1 N–H and O–H groups in total. The van der Waals surface area contributed by atoms with Crippen LogP contribution in [-0.2, 0) is 24.2 Å². The van der Waals surface area contributed by atoms with Crippen molar-refractivity contribution in [3.05, 3.63) is 57.6 Å². The van der Waals surface area contributed by atoms with Crippen LogP contribution in [0.15, 0.2) is 34.9 Å². The highest BCUT2D eigenvalue weighted by atomic mass is 79.9. The average Bonchev–Trinajstić information content (AvgIpc) is 2.85. The number of aryl methyl sites for hydroxylation is 1. The molecule has 2 aromatic rings. The van der Waals surface area contributed by atoms with Gasteiger partial charge in [0.25, 0.3) is 0 Å². The third kappa shape index (κ3) is 3.18. The Morgan fingerprint density at radius 3 is 3.00 bits per heavy atom. The minimum atomic E-state index is -0.235. The number of carbonyl (C=O) groups excluding carboxylic acids is 1. The summed E-state index contributed by atoms with van der Waals surface area (Å²) >= 11 is 3.42. The average molecular weight is 351 g/mol. The molecular weight excluding hydrogens is 335 g/mol. The molecule has 1 aliphatic heterocycles. The molecule has 0 bridgehead atoms. The second kappa shape index (κ2) is 6.02. The zero-order valence-corrected chi connectivity index (χ0v) is 13.1. The lowest BCUT2D eigenvalue weighted by molar-refractivity contribution is -0.132. The van der Waals surface area contributed by atoms with Crippen LogP contribution in [0.1, 0.15) is 23.2 Å². The van der Waals surface area contributed by atoms with Gasteiger partial charge in [-0.25, -0.2) is 4.39 Å². The lowest BCUT2D eigenvalue weighted by Gasteiger charge is -2.27. The number of carbonyl (C=O) groups is 1. The van der Waals surface area contributed by atoms with Crippen molar-refractivity contribution in [2.45, 2.75) is 25.8 Å². The molecule has 1 aromatic carbocycles.